The maximum absolute atomic E-state index is 10.6. The third-order valence-corrected chi connectivity index (χ3v) is 5.75. The van der Waals surface area contributed by atoms with Crippen LogP contribution < -0.4 is 0 Å². The maximum Gasteiger partial charge on any atom is 0.0956 e. The number of imidazole rings is 1. The second kappa shape index (κ2) is 5.01. The van der Waals surface area contributed by atoms with Crippen molar-refractivity contribution in [2.24, 2.45) is 5.92 Å². The summed E-state index contributed by atoms with van der Waals surface area (Å²) in [6.07, 6.45) is 10.8. The van der Waals surface area contributed by atoms with Gasteiger partial charge in [-0.2, -0.15) is 11.3 Å². The van der Waals surface area contributed by atoms with Gasteiger partial charge in [0.25, 0.3) is 0 Å². The summed E-state index contributed by atoms with van der Waals surface area (Å²) in [4.78, 5) is 4.28. The van der Waals surface area contributed by atoms with Crippen molar-refractivity contribution >= 4 is 11.3 Å². The van der Waals surface area contributed by atoms with Gasteiger partial charge in [-0.25, -0.2) is 4.98 Å². The van der Waals surface area contributed by atoms with E-state index in [2.05, 4.69) is 20.3 Å². The summed E-state index contributed by atoms with van der Waals surface area (Å²) in [5.41, 5.74) is 3.90. The molecule has 4 rings (SSSR count). The lowest BCUT2D eigenvalue weighted by atomic mass is 9.82. The summed E-state index contributed by atoms with van der Waals surface area (Å²) in [6, 6.07) is 0.283. The highest BCUT2D eigenvalue weighted by Gasteiger charge is 2.33. The van der Waals surface area contributed by atoms with E-state index in [9.17, 15) is 5.11 Å². The molecule has 0 spiro atoms. The van der Waals surface area contributed by atoms with E-state index < -0.39 is 0 Å². The molecule has 0 bridgehead atoms. The molecule has 2 aromatic heterocycles. The van der Waals surface area contributed by atoms with Crippen molar-refractivity contribution in [2.75, 3.05) is 0 Å². The average Bonchev–Trinajstić information content (AvgIpc) is 3.16. The molecule has 2 atom stereocenters. The number of nitrogens with zero attached hydrogens (tertiary/aromatic N) is 2. The molecule has 1 aliphatic heterocycles. The van der Waals surface area contributed by atoms with Crippen LogP contribution in [0, 0.1) is 5.92 Å². The fourth-order valence-electron chi connectivity index (χ4n) is 3.87. The van der Waals surface area contributed by atoms with E-state index in [0.29, 0.717) is 5.92 Å². The van der Waals surface area contributed by atoms with Crippen LogP contribution in [0.15, 0.2) is 23.3 Å². The fraction of sp³-hybridized carbons (Fsp3) is 0.562. The van der Waals surface area contributed by atoms with Crippen molar-refractivity contribution in [2.45, 2.75) is 50.7 Å². The van der Waals surface area contributed by atoms with Gasteiger partial charge in [0.1, 0.15) is 0 Å². The zero-order valence-corrected chi connectivity index (χ0v) is 12.4. The molecule has 3 nitrogen and oxygen atoms in total. The van der Waals surface area contributed by atoms with Crippen LogP contribution in [0.1, 0.15) is 50.1 Å². The molecular weight excluding hydrogens is 268 g/mol. The molecule has 106 valence electrons. The normalized spacial score (nSPS) is 23.6. The van der Waals surface area contributed by atoms with E-state index in [4.69, 9.17) is 0 Å². The van der Waals surface area contributed by atoms with Crippen LogP contribution in [-0.2, 0) is 0 Å². The Balaban J connectivity index is 1.57. The van der Waals surface area contributed by atoms with Gasteiger partial charge in [0, 0.05) is 10.9 Å². The molecule has 0 radical (unpaired) electrons. The molecule has 2 aromatic rings. The molecule has 20 heavy (non-hydrogen) atoms. The van der Waals surface area contributed by atoms with Crippen molar-refractivity contribution in [3.63, 3.8) is 0 Å². The van der Waals surface area contributed by atoms with Gasteiger partial charge in [-0.15, -0.1) is 0 Å². The van der Waals surface area contributed by atoms with Crippen molar-refractivity contribution in [3.8, 4) is 11.3 Å². The van der Waals surface area contributed by atoms with Gasteiger partial charge in [-0.05, 0) is 36.1 Å². The van der Waals surface area contributed by atoms with Gasteiger partial charge in [0.2, 0.25) is 0 Å². The minimum atomic E-state index is -0.179. The number of aliphatic hydroxyl groups excluding tert-OH is 1. The first-order valence-corrected chi connectivity index (χ1v) is 8.55. The van der Waals surface area contributed by atoms with E-state index in [1.165, 1.54) is 48.9 Å². The van der Waals surface area contributed by atoms with E-state index in [0.717, 1.165) is 6.42 Å². The number of rotatable bonds is 3. The third kappa shape index (κ3) is 1.93. The summed E-state index contributed by atoms with van der Waals surface area (Å²) in [5, 5.41) is 15.1. The molecule has 4 heteroatoms. The van der Waals surface area contributed by atoms with Gasteiger partial charge < -0.3 is 9.67 Å². The number of fused-ring (bicyclic) bond motifs is 3. The summed E-state index contributed by atoms with van der Waals surface area (Å²) < 4.78 is 2.24. The number of aromatic nitrogens is 2. The van der Waals surface area contributed by atoms with Gasteiger partial charge in [0.15, 0.2) is 0 Å². The molecule has 1 N–H and O–H groups in total. The Morgan fingerprint density at radius 2 is 2.15 bits per heavy atom. The summed E-state index contributed by atoms with van der Waals surface area (Å²) in [5.74, 6) is 0.499. The molecule has 1 saturated carbocycles. The van der Waals surface area contributed by atoms with E-state index in [1.807, 2.05) is 12.5 Å². The molecule has 2 aliphatic rings. The molecule has 3 heterocycles. The van der Waals surface area contributed by atoms with Gasteiger partial charge in [0.05, 0.1) is 30.4 Å². The molecular formula is C16H20N2OS. The Morgan fingerprint density at radius 1 is 1.30 bits per heavy atom. The van der Waals surface area contributed by atoms with Gasteiger partial charge >= 0.3 is 0 Å². The molecule has 0 saturated heterocycles. The van der Waals surface area contributed by atoms with E-state index >= 15 is 0 Å². The van der Waals surface area contributed by atoms with Crippen LogP contribution in [-0.4, -0.2) is 20.8 Å². The zero-order valence-electron chi connectivity index (χ0n) is 11.5. The lowest BCUT2D eigenvalue weighted by Gasteiger charge is -2.28. The second-order valence-corrected chi connectivity index (χ2v) is 6.89. The Kier molecular flexibility index (Phi) is 3.15. The second-order valence-electron chi connectivity index (χ2n) is 6.14. The summed E-state index contributed by atoms with van der Waals surface area (Å²) >= 11 is 1.75. The molecule has 1 fully saturated rings. The first kappa shape index (κ1) is 12.6. The van der Waals surface area contributed by atoms with Crippen molar-refractivity contribution in [3.05, 3.63) is 28.8 Å². The summed E-state index contributed by atoms with van der Waals surface area (Å²) in [6.45, 7) is 0. The summed E-state index contributed by atoms with van der Waals surface area (Å²) in [7, 11) is 0. The SMILES string of the molecule is OC(CC1c2cscc2-c2cncn21)C1CCCCC1. The maximum atomic E-state index is 10.6. The first-order chi connectivity index (χ1) is 9.84. The number of hydrogen-bond acceptors (Lipinski definition) is 3. The highest BCUT2D eigenvalue weighted by Crippen LogP contribution is 2.44. The predicted octanol–water partition coefficient (Wildman–Crippen LogP) is 3.85. The minimum absolute atomic E-state index is 0.179. The largest absolute Gasteiger partial charge is 0.393 e. The predicted molar refractivity (Wildman–Crippen MR) is 80.9 cm³/mol. The van der Waals surface area contributed by atoms with Crippen LogP contribution >= 0.6 is 11.3 Å². The highest BCUT2D eigenvalue weighted by atomic mass is 32.1. The Morgan fingerprint density at radius 3 is 3.00 bits per heavy atom. The Hall–Kier alpha value is -1.13. The van der Waals surface area contributed by atoms with E-state index in [-0.39, 0.29) is 12.1 Å². The van der Waals surface area contributed by atoms with Gasteiger partial charge in [-0.3, -0.25) is 0 Å². The zero-order chi connectivity index (χ0) is 13.5. The van der Waals surface area contributed by atoms with Crippen LogP contribution in [0.3, 0.4) is 0 Å². The Bertz CT molecular complexity index is 557. The van der Waals surface area contributed by atoms with Crippen molar-refractivity contribution in [1.82, 2.24) is 9.55 Å². The Labute approximate surface area is 123 Å². The smallest absolute Gasteiger partial charge is 0.0956 e. The van der Waals surface area contributed by atoms with Crippen molar-refractivity contribution < 1.29 is 5.11 Å². The van der Waals surface area contributed by atoms with Crippen LogP contribution in [0.4, 0.5) is 0 Å². The molecule has 2 unspecified atom stereocenters. The quantitative estimate of drug-likeness (QED) is 0.931. The minimum Gasteiger partial charge on any atom is -0.393 e. The molecule has 1 aliphatic carbocycles. The number of thiophene rings is 1. The topological polar surface area (TPSA) is 38.1 Å². The number of hydrogen-bond donors (Lipinski definition) is 1. The van der Waals surface area contributed by atoms with Crippen LogP contribution in [0.5, 0.6) is 0 Å². The van der Waals surface area contributed by atoms with Crippen LogP contribution in [0.25, 0.3) is 11.3 Å². The third-order valence-electron chi connectivity index (χ3n) is 4.99. The lowest BCUT2D eigenvalue weighted by molar-refractivity contribution is 0.0687. The first-order valence-electron chi connectivity index (χ1n) is 7.61. The molecule has 0 aromatic carbocycles. The highest BCUT2D eigenvalue weighted by molar-refractivity contribution is 7.08. The molecule has 0 amide bonds. The lowest BCUT2D eigenvalue weighted by Crippen LogP contribution is -2.26. The van der Waals surface area contributed by atoms with Crippen molar-refractivity contribution in [1.29, 1.82) is 0 Å². The average molecular weight is 288 g/mol. The van der Waals surface area contributed by atoms with Gasteiger partial charge in [-0.1, -0.05) is 19.3 Å². The number of aliphatic hydroxyl groups is 1. The van der Waals surface area contributed by atoms with E-state index in [1.54, 1.807) is 11.3 Å². The van der Waals surface area contributed by atoms with Crippen LogP contribution in [0.2, 0.25) is 0 Å². The standard InChI is InChI=1S/C16H20N2OS/c19-16(11-4-2-1-3-5-11)6-14-12-8-20-9-13(12)15-7-17-10-18(14)15/h7-11,14,16,19H,1-6H2. The monoisotopic (exact) mass is 288 g/mol. The fourth-order valence-corrected chi connectivity index (χ4v) is 4.76.